The standard InChI is InChI=1S/C7H9N3O2/c1-10-5-3-8-6(7(11)12)4(5)2-9-10/h2,6,8H,3H2,1H3,(H,11,12)/t6-/m1/s1. The number of carbonyl (C=O) groups is 1. The van der Waals surface area contributed by atoms with Crippen molar-refractivity contribution in [1.29, 1.82) is 0 Å². The topological polar surface area (TPSA) is 67.2 Å². The van der Waals surface area contributed by atoms with Crippen LogP contribution in [-0.4, -0.2) is 20.9 Å². The van der Waals surface area contributed by atoms with Crippen molar-refractivity contribution in [3.8, 4) is 0 Å². The van der Waals surface area contributed by atoms with Gasteiger partial charge in [0.25, 0.3) is 0 Å². The minimum absolute atomic E-state index is 0.575. The van der Waals surface area contributed by atoms with Gasteiger partial charge in [0.1, 0.15) is 6.04 Å². The second kappa shape index (κ2) is 2.31. The summed E-state index contributed by atoms with van der Waals surface area (Å²) in [6, 6.07) is -0.575. The normalized spacial score (nSPS) is 20.9. The minimum atomic E-state index is -0.846. The third-order valence-electron chi connectivity index (χ3n) is 2.13. The van der Waals surface area contributed by atoms with Crippen LogP contribution in [0, 0.1) is 0 Å². The first-order valence-corrected chi connectivity index (χ1v) is 3.67. The number of aryl methyl sites for hydroxylation is 1. The van der Waals surface area contributed by atoms with E-state index in [0.717, 1.165) is 11.3 Å². The number of carboxylic acid groups (broad SMARTS) is 1. The van der Waals surface area contributed by atoms with Crippen molar-refractivity contribution < 1.29 is 9.90 Å². The van der Waals surface area contributed by atoms with Gasteiger partial charge in [-0.3, -0.25) is 14.8 Å². The molecule has 1 aromatic rings. The molecule has 2 heterocycles. The summed E-state index contributed by atoms with van der Waals surface area (Å²) in [4.78, 5) is 10.7. The summed E-state index contributed by atoms with van der Waals surface area (Å²) in [6.45, 7) is 0.586. The fraction of sp³-hybridized carbons (Fsp3) is 0.429. The number of rotatable bonds is 1. The molecule has 2 N–H and O–H groups in total. The molecule has 1 aliphatic heterocycles. The lowest BCUT2D eigenvalue weighted by Gasteiger charge is -2.01. The third-order valence-corrected chi connectivity index (χ3v) is 2.13. The van der Waals surface area contributed by atoms with Gasteiger partial charge in [-0.25, -0.2) is 0 Å². The summed E-state index contributed by atoms with van der Waals surface area (Å²) in [5, 5.41) is 15.6. The summed E-state index contributed by atoms with van der Waals surface area (Å²) in [5.74, 6) is -0.846. The number of aromatic nitrogens is 2. The summed E-state index contributed by atoms with van der Waals surface area (Å²) < 4.78 is 1.70. The van der Waals surface area contributed by atoms with Crippen LogP contribution in [0.1, 0.15) is 17.3 Å². The first kappa shape index (κ1) is 7.30. The Kier molecular flexibility index (Phi) is 1.41. The Morgan fingerprint density at radius 1 is 1.92 bits per heavy atom. The van der Waals surface area contributed by atoms with Gasteiger partial charge in [0.05, 0.1) is 11.9 Å². The summed E-state index contributed by atoms with van der Waals surface area (Å²) in [5.41, 5.74) is 1.74. The van der Waals surface area contributed by atoms with Crippen LogP contribution in [0.3, 0.4) is 0 Å². The zero-order chi connectivity index (χ0) is 8.72. The van der Waals surface area contributed by atoms with Crippen molar-refractivity contribution in [1.82, 2.24) is 15.1 Å². The Hall–Kier alpha value is -1.36. The number of hydrogen-bond donors (Lipinski definition) is 2. The van der Waals surface area contributed by atoms with Gasteiger partial charge < -0.3 is 5.11 Å². The van der Waals surface area contributed by atoms with Crippen LogP contribution >= 0.6 is 0 Å². The van der Waals surface area contributed by atoms with E-state index in [1.165, 1.54) is 0 Å². The van der Waals surface area contributed by atoms with Crippen LogP contribution in [0.15, 0.2) is 6.20 Å². The van der Waals surface area contributed by atoms with Gasteiger partial charge >= 0.3 is 5.97 Å². The Labute approximate surface area is 69.0 Å². The van der Waals surface area contributed by atoms with E-state index in [0.29, 0.717) is 6.54 Å². The molecule has 0 saturated carbocycles. The number of nitrogens with zero attached hydrogens (tertiary/aromatic N) is 2. The molecule has 5 nitrogen and oxygen atoms in total. The van der Waals surface area contributed by atoms with Gasteiger partial charge in [0, 0.05) is 19.2 Å². The van der Waals surface area contributed by atoms with Crippen LogP contribution in [0.25, 0.3) is 0 Å². The lowest BCUT2D eigenvalue weighted by molar-refractivity contribution is -0.139. The lowest BCUT2D eigenvalue weighted by atomic mass is 10.2. The molecule has 0 amide bonds. The van der Waals surface area contributed by atoms with E-state index in [1.54, 1.807) is 10.9 Å². The van der Waals surface area contributed by atoms with Crippen molar-refractivity contribution in [2.75, 3.05) is 0 Å². The molecule has 1 atom stereocenters. The summed E-state index contributed by atoms with van der Waals surface area (Å²) in [6.07, 6.45) is 1.61. The summed E-state index contributed by atoms with van der Waals surface area (Å²) >= 11 is 0. The van der Waals surface area contributed by atoms with E-state index >= 15 is 0 Å². The molecule has 0 spiro atoms. The Bertz CT molecular complexity index is 331. The highest BCUT2D eigenvalue weighted by atomic mass is 16.4. The van der Waals surface area contributed by atoms with Crippen LogP contribution in [-0.2, 0) is 18.4 Å². The second-order valence-corrected chi connectivity index (χ2v) is 2.82. The molecule has 0 radical (unpaired) electrons. The van der Waals surface area contributed by atoms with Gasteiger partial charge in [0.15, 0.2) is 0 Å². The molecule has 0 bridgehead atoms. The van der Waals surface area contributed by atoms with E-state index < -0.39 is 12.0 Å². The molecule has 1 aliphatic rings. The fourth-order valence-corrected chi connectivity index (χ4v) is 1.47. The smallest absolute Gasteiger partial charge is 0.325 e. The second-order valence-electron chi connectivity index (χ2n) is 2.82. The number of carboxylic acids is 1. The first-order valence-electron chi connectivity index (χ1n) is 3.67. The van der Waals surface area contributed by atoms with E-state index in [4.69, 9.17) is 5.11 Å². The van der Waals surface area contributed by atoms with Crippen LogP contribution in [0.4, 0.5) is 0 Å². The predicted octanol–water partition coefficient (Wildman–Crippen LogP) is -0.351. The highest BCUT2D eigenvalue weighted by Gasteiger charge is 2.30. The quantitative estimate of drug-likeness (QED) is 0.600. The maximum atomic E-state index is 10.7. The average molecular weight is 167 g/mol. The molecule has 0 aliphatic carbocycles. The molecule has 0 saturated heterocycles. The van der Waals surface area contributed by atoms with Gasteiger partial charge in [-0.2, -0.15) is 5.10 Å². The van der Waals surface area contributed by atoms with E-state index in [2.05, 4.69) is 10.4 Å². The highest BCUT2D eigenvalue weighted by molar-refractivity contribution is 5.76. The van der Waals surface area contributed by atoms with Crippen molar-refractivity contribution >= 4 is 5.97 Å². The molecule has 1 aromatic heterocycles. The largest absolute Gasteiger partial charge is 0.480 e. The first-order chi connectivity index (χ1) is 5.70. The minimum Gasteiger partial charge on any atom is -0.480 e. The predicted molar refractivity (Wildman–Crippen MR) is 40.4 cm³/mol. The maximum Gasteiger partial charge on any atom is 0.325 e. The van der Waals surface area contributed by atoms with Crippen molar-refractivity contribution in [2.24, 2.45) is 7.05 Å². The van der Waals surface area contributed by atoms with Crippen molar-refractivity contribution in [3.63, 3.8) is 0 Å². The van der Waals surface area contributed by atoms with Crippen molar-refractivity contribution in [3.05, 3.63) is 17.5 Å². The zero-order valence-electron chi connectivity index (χ0n) is 6.61. The number of nitrogens with one attached hydrogen (secondary N) is 1. The van der Waals surface area contributed by atoms with Crippen LogP contribution < -0.4 is 5.32 Å². The van der Waals surface area contributed by atoms with E-state index in [1.807, 2.05) is 7.05 Å². The number of hydrogen-bond acceptors (Lipinski definition) is 3. The van der Waals surface area contributed by atoms with Gasteiger partial charge in [0.2, 0.25) is 0 Å². The molecule has 0 fully saturated rings. The average Bonchev–Trinajstić information content (AvgIpc) is 2.53. The third kappa shape index (κ3) is 0.831. The fourth-order valence-electron chi connectivity index (χ4n) is 1.47. The highest BCUT2D eigenvalue weighted by Crippen LogP contribution is 2.23. The molecular formula is C7H9N3O2. The van der Waals surface area contributed by atoms with Crippen LogP contribution in [0.2, 0.25) is 0 Å². The number of aliphatic carboxylic acids is 1. The van der Waals surface area contributed by atoms with Crippen LogP contribution in [0.5, 0.6) is 0 Å². The monoisotopic (exact) mass is 167 g/mol. The zero-order valence-corrected chi connectivity index (χ0v) is 6.61. The van der Waals surface area contributed by atoms with E-state index in [9.17, 15) is 4.79 Å². The van der Waals surface area contributed by atoms with Gasteiger partial charge in [-0.05, 0) is 0 Å². The number of fused-ring (bicyclic) bond motifs is 1. The SMILES string of the molecule is Cn1ncc2c1CN[C@H]2C(=O)O. The lowest BCUT2D eigenvalue weighted by Crippen LogP contribution is -2.21. The van der Waals surface area contributed by atoms with Gasteiger partial charge in [-0.15, -0.1) is 0 Å². The molecule has 12 heavy (non-hydrogen) atoms. The molecule has 5 heteroatoms. The molecule has 0 unspecified atom stereocenters. The Morgan fingerprint density at radius 3 is 3.33 bits per heavy atom. The maximum absolute atomic E-state index is 10.7. The van der Waals surface area contributed by atoms with Crippen molar-refractivity contribution in [2.45, 2.75) is 12.6 Å². The van der Waals surface area contributed by atoms with Gasteiger partial charge in [-0.1, -0.05) is 0 Å². The molecule has 0 aromatic carbocycles. The summed E-state index contributed by atoms with van der Waals surface area (Å²) in [7, 11) is 1.81. The molecule has 2 rings (SSSR count). The van der Waals surface area contributed by atoms with E-state index in [-0.39, 0.29) is 0 Å². The molecule has 64 valence electrons. The Balaban J connectivity index is 2.43. The molecular weight excluding hydrogens is 158 g/mol. The Morgan fingerprint density at radius 2 is 2.67 bits per heavy atom.